The summed E-state index contributed by atoms with van der Waals surface area (Å²) in [4.78, 5) is 43.4. The number of amides is 1. The molecule has 3 aromatic rings. The van der Waals surface area contributed by atoms with Gasteiger partial charge in [-0.25, -0.2) is 0 Å². The third-order valence-electron chi connectivity index (χ3n) is 4.08. The van der Waals surface area contributed by atoms with Crippen molar-refractivity contribution in [2.24, 2.45) is 0 Å². The Kier molecular flexibility index (Phi) is 6.58. The zero-order valence-corrected chi connectivity index (χ0v) is 17.0. The van der Waals surface area contributed by atoms with Crippen LogP contribution in [0.2, 0.25) is 0 Å². The van der Waals surface area contributed by atoms with Crippen LogP contribution in [0.15, 0.2) is 50.7 Å². The summed E-state index contributed by atoms with van der Waals surface area (Å²) in [6.07, 6.45) is 3.25. The number of nitrogens with zero attached hydrogens (tertiary/aromatic N) is 1. The largest absolute Gasteiger partial charge is 0.351 e. The van der Waals surface area contributed by atoms with Crippen LogP contribution in [0.5, 0.6) is 0 Å². The van der Waals surface area contributed by atoms with E-state index in [1.807, 2.05) is 55.2 Å². The summed E-state index contributed by atoms with van der Waals surface area (Å²) in [7, 11) is 3.67. The van der Waals surface area contributed by atoms with Crippen molar-refractivity contribution >= 4 is 29.4 Å². The third-order valence-corrected chi connectivity index (χ3v) is 4.78. The molecule has 150 valence electrons. The highest BCUT2D eigenvalue weighted by Gasteiger charge is 2.02. The number of likely N-dealkylation sites (N-methyl/N-ethyl adjacent to an activating group) is 1. The van der Waals surface area contributed by atoms with E-state index < -0.39 is 0 Å². The average Bonchev–Trinajstić information content (AvgIpc) is 3.18. The van der Waals surface area contributed by atoms with Gasteiger partial charge in [0.2, 0.25) is 5.91 Å². The van der Waals surface area contributed by atoms with E-state index in [9.17, 15) is 14.4 Å². The van der Waals surface area contributed by atoms with Gasteiger partial charge in [-0.15, -0.1) is 0 Å². The Morgan fingerprint density at radius 3 is 2.17 bits per heavy atom. The predicted molar refractivity (Wildman–Crippen MR) is 115 cm³/mol. The van der Waals surface area contributed by atoms with Crippen LogP contribution < -0.4 is 27.1 Å². The van der Waals surface area contributed by atoms with Gasteiger partial charge in [-0.05, 0) is 59.8 Å². The Morgan fingerprint density at radius 1 is 1.00 bits per heavy atom. The zero-order chi connectivity index (χ0) is 20.8. The molecule has 0 unspecified atom stereocenters. The number of rotatable bonds is 6. The third kappa shape index (κ3) is 5.87. The molecule has 3 rings (SSSR count). The number of nitrogens with one attached hydrogen (secondary N) is 3. The molecule has 0 saturated heterocycles. The number of H-pyrrole nitrogens is 2. The minimum Gasteiger partial charge on any atom is -0.351 e. The smallest absolute Gasteiger partial charge is 0.272 e. The molecular formula is C21H22N4O3S. The van der Waals surface area contributed by atoms with Crippen molar-refractivity contribution in [2.75, 3.05) is 20.6 Å². The number of hydrogen-bond donors (Lipinski definition) is 3. The summed E-state index contributed by atoms with van der Waals surface area (Å²) >= 11 is 1.52. The van der Waals surface area contributed by atoms with Gasteiger partial charge < -0.3 is 20.2 Å². The maximum Gasteiger partial charge on any atom is 0.272 e. The molecule has 7 nitrogen and oxygen atoms in total. The van der Waals surface area contributed by atoms with E-state index in [1.165, 1.54) is 11.3 Å². The molecule has 1 aromatic carbocycles. The van der Waals surface area contributed by atoms with Crippen LogP contribution in [-0.4, -0.2) is 41.4 Å². The number of carbonyl (C=O) groups is 1. The minimum atomic E-state index is -0.369. The second-order valence-electron chi connectivity index (χ2n) is 6.84. The summed E-state index contributed by atoms with van der Waals surface area (Å²) in [5.41, 5.74) is 1.84. The van der Waals surface area contributed by atoms with Gasteiger partial charge in [-0.1, -0.05) is 24.3 Å². The number of hydrogen-bond acceptors (Lipinski definition) is 5. The SMILES string of the molecule is CN(C)CC(=O)NCc1ccc(C=c2[nH]c(=O)c(=Cc3ccsc3)[nH]c2=O)cc1. The van der Waals surface area contributed by atoms with Crippen LogP contribution in [0.25, 0.3) is 12.2 Å². The van der Waals surface area contributed by atoms with E-state index in [4.69, 9.17) is 0 Å². The van der Waals surface area contributed by atoms with Gasteiger partial charge in [0.1, 0.15) is 10.7 Å². The molecule has 0 atom stereocenters. The van der Waals surface area contributed by atoms with Crippen molar-refractivity contribution in [1.82, 2.24) is 20.2 Å². The Balaban J connectivity index is 1.78. The molecule has 0 spiro atoms. The molecule has 2 aromatic heterocycles. The normalized spacial score (nSPS) is 12.5. The van der Waals surface area contributed by atoms with Crippen LogP contribution in [0.3, 0.4) is 0 Å². The van der Waals surface area contributed by atoms with Crippen LogP contribution in [-0.2, 0) is 11.3 Å². The van der Waals surface area contributed by atoms with Gasteiger partial charge in [0.05, 0.1) is 6.54 Å². The van der Waals surface area contributed by atoms with E-state index in [-0.39, 0.29) is 27.7 Å². The van der Waals surface area contributed by atoms with Crippen LogP contribution >= 0.6 is 11.3 Å². The number of aromatic nitrogens is 2. The molecule has 0 fully saturated rings. The molecule has 0 radical (unpaired) electrons. The Morgan fingerprint density at radius 2 is 1.62 bits per heavy atom. The second kappa shape index (κ2) is 9.31. The highest BCUT2D eigenvalue weighted by atomic mass is 32.1. The fourth-order valence-electron chi connectivity index (χ4n) is 2.66. The summed E-state index contributed by atoms with van der Waals surface area (Å²) in [5.74, 6) is -0.0471. The van der Waals surface area contributed by atoms with E-state index in [0.29, 0.717) is 13.1 Å². The topological polar surface area (TPSA) is 98.1 Å². The first-order valence-electron chi connectivity index (χ1n) is 8.99. The van der Waals surface area contributed by atoms with Gasteiger partial charge in [0.25, 0.3) is 11.1 Å². The van der Waals surface area contributed by atoms with E-state index in [2.05, 4.69) is 15.3 Å². The summed E-state index contributed by atoms with van der Waals surface area (Å²) in [6, 6.07) is 9.26. The fraction of sp³-hybridized carbons (Fsp3) is 0.190. The molecule has 1 amide bonds. The lowest BCUT2D eigenvalue weighted by Crippen LogP contribution is -2.46. The number of carbonyl (C=O) groups excluding carboxylic acids is 1. The van der Waals surface area contributed by atoms with Crippen molar-refractivity contribution in [3.8, 4) is 0 Å². The molecule has 0 bridgehead atoms. The first-order chi connectivity index (χ1) is 13.9. The Bertz CT molecular complexity index is 1210. The molecule has 29 heavy (non-hydrogen) atoms. The quantitative estimate of drug-likeness (QED) is 0.531. The van der Waals surface area contributed by atoms with Crippen molar-refractivity contribution < 1.29 is 4.79 Å². The zero-order valence-electron chi connectivity index (χ0n) is 16.2. The minimum absolute atomic E-state index is 0.0471. The van der Waals surface area contributed by atoms with Gasteiger partial charge in [0.15, 0.2) is 0 Å². The predicted octanol–water partition coefficient (Wildman–Crippen LogP) is -0.0399. The first-order valence-corrected chi connectivity index (χ1v) is 9.93. The molecule has 0 saturated carbocycles. The van der Waals surface area contributed by atoms with E-state index >= 15 is 0 Å². The van der Waals surface area contributed by atoms with E-state index in [0.717, 1.165) is 16.7 Å². The van der Waals surface area contributed by atoms with Crippen LogP contribution in [0.4, 0.5) is 0 Å². The van der Waals surface area contributed by atoms with Gasteiger partial charge in [-0.2, -0.15) is 11.3 Å². The first kappa shape index (κ1) is 20.5. The van der Waals surface area contributed by atoms with Gasteiger partial charge in [-0.3, -0.25) is 14.4 Å². The fourth-order valence-corrected chi connectivity index (χ4v) is 3.28. The van der Waals surface area contributed by atoms with Crippen molar-refractivity contribution in [1.29, 1.82) is 0 Å². The summed E-state index contributed by atoms with van der Waals surface area (Å²) < 4.78 is 0. The molecule has 0 aliphatic rings. The lowest BCUT2D eigenvalue weighted by atomic mass is 10.1. The van der Waals surface area contributed by atoms with Gasteiger partial charge >= 0.3 is 0 Å². The molecule has 0 aliphatic heterocycles. The maximum atomic E-state index is 12.3. The van der Waals surface area contributed by atoms with Crippen molar-refractivity contribution in [2.45, 2.75) is 6.54 Å². The number of aromatic amines is 2. The van der Waals surface area contributed by atoms with Crippen molar-refractivity contribution in [3.63, 3.8) is 0 Å². The molecule has 3 N–H and O–H groups in total. The Labute approximate surface area is 171 Å². The van der Waals surface area contributed by atoms with Crippen LogP contribution in [0.1, 0.15) is 16.7 Å². The highest BCUT2D eigenvalue weighted by molar-refractivity contribution is 7.08. The van der Waals surface area contributed by atoms with Crippen molar-refractivity contribution in [3.05, 3.63) is 89.2 Å². The van der Waals surface area contributed by atoms with Gasteiger partial charge in [0, 0.05) is 6.54 Å². The van der Waals surface area contributed by atoms with E-state index in [1.54, 1.807) is 17.1 Å². The number of benzene rings is 1. The van der Waals surface area contributed by atoms with Crippen LogP contribution in [0, 0.1) is 0 Å². The standard InChI is InChI=1S/C21H22N4O3S/c1-25(2)12-19(26)22-11-15-5-3-14(4-6-15)9-17-20(27)24-18(21(28)23-17)10-16-7-8-29-13-16/h3-10,13H,11-12H2,1-2H3,(H,22,26)(H,23,28)(H,24,27). The molecule has 8 heteroatoms. The highest BCUT2D eigenvalue weighted by Crippen LogP contribution is 2.05. The number of thiophene rings is 1. The molecule has 2 heterocycles. The second-order valence-corrected chi connectivity index (χ2v) is 7.62. The summed E-state index contributed by atoms with van der Waals surface area (Å²) in [5, 5.41) is 7.04. The Hall–Kier alpha value is -3.23. The average molecular weight is 410 g/mol. The lowest BCUT2D eigenvalue weighted by molar-refractivity contribution is -0.121. The molecular weight excluding hydrogens is 388 g/mol. The molecule has 0 aliphatic carbocycles. The maximum absolute atomic E-state index is 12.3. The lowest BCUT2D eigenvalue weighted by Gasteiger charge is -2.10. The summed E-state index contributed by atoms with van der Waals surface area (Å²) in [6.45, 7) is 0.763. The monoisotopic (exact) mass is 410 g/mol.